The minimum absolute atomic E-state index is 0.102. The van der Waals surface area contributed by atoms with Gasteiger partial charge < -0.3 is 10.2 Å². The molecular weight excluding hydrogens is 276 g/mol. The fourth-order valence-electron chi connectivity index (χ4n) is 1.54. The molecule has 0 aliphatic rings. The summed E-state index contributed by atoms with van der Waals surface area (Å²) in [5.74, 6) is -3.00. The molecule has 0 atom stereocenters. The Hall–Kier alpha value is -2.76. The Morgan fingerprint density at radius 2 is 1.48 bits per heavy atom. The first-order chi connectivity index (χ1) is 9.86. The Morgan fingerprint density at radius 3 is 2.05 bits per heavy atom. The van der Waals surface area contributed by atoms with Crippen molar-refractivity contribution in [2.45, 2.75) is 19.3 Å². The van der Waals surface area contributed by atoms with Gasteiger partial charge in [-0.25, -0.2) is 0 Å². The maximum absolute atomic E-state index is 11.5. The quantitative estimate of drug-likeness (QED) is 0.553. The van der Waals surface area contributed by atoms with Crippen LogP contribution in [0.15, 0.2) is 30.3 Å². The van der Waals surface area contributed by atoms with E-state index in [4.69, 9.17) is 10.2 Å². The molecule has 1 aromatic rings. The van der Waals surface area contributed by atoms with E-state index in [1.54, 1.807) is 12.1 Å². The van der Waals surface area contributed by atoms with Gasteiger partial charge in [-0.3, -0.25) is 19.2 Å². The molecule has 21 heavy (non-hydrogen) atoms. The molecule has 6 nitrogen and oxygen atoms in total. The number of phenols is 1. The van der Waals surface area contributed by atoms with Crippen LogP contribution in [0.3, 0.4) is 0 Å². The summed E-state index contributed by atoms with van der Waals surface area (Å²) in [6.07, 6.45) is 0.967. The number of hydrogen-bond acceptors (Lipinski definition) is 5. The van der Waals surface area contributed by atoms with Crippen molar-refractivity contribution in [3.63, 3.8) is 0 Å². The first kappa shape index (κ1) is 16.3. The number of rotatable bonds is 8. The zero-order valence-electron chi connectivity index (χ0n) is 11.1. The van der Waals surface area contributed by atoms with Crippen molar-refractivity contribution in [3.8, 4) is 5.75 Å². The van der Waals surface area contributed by atoms with Crippen LogP contribution in [-0.2, 0) is 19.2 Å². The largest absolute Gasteiger partial charge is 0.508 e. The van der Waals surface area contributed by atoms with Crippen molar-refractivity contribution in [2.24, 2.45) is 0 Å². The highest BCUT2D eigenvalue weighted by Gasteiger charge is 2.14. The third-order valence-corrected chi connectivity index (χ3v) is 2.47. The van der Waals surface area contributed by atoms with Gasteiger partial charge in [0.25, 0.3) is 0 Å². The van der Waals surface area contributed by atoms with E-state index in [-0.39, 0.29) is 5.75 Å². The van der Waals surface area contributed by atoms with Crippen LogP contribution in [0.4, 0.5) is 0 Å². The van der Waals surface area contributed by atoms with Crippen LogP contribution in [0.25, 0.3) is 6.08 Å². The number of allylic oxidation sites excluding steroid dienone is 1. The summed E-state index contributed by atoms with van der Waals surface area (Å²) in [7, 11) is 0. The van der Waals surface area contributed by atoms with Gasteiger partial charge in [-0.05, 0) is 23.8 Å². The number of hydrogen-bond donors (Lipinski definition) is 2. The lowest BCUT2D eigenvalue weighted by Gasteiger charge is -1.97. The lowest BCUT2D eigenvalue weighted by atomic mass is 10.1. The van der Waals surface area contributed by atoms with Crippen molar-refractivity contribution in [2.75, 3.05) is 0 Å². The Labute approximate surface area is 120 Å². The van der Waals surface area contributed by atoms with Crippen molar-refractivity contribution < 1.29 is 29.4 Å². The van der Waals surface area contributed by atoms with Gasteiger partial charge in [0.1, 0.15) is 18.0 Å². The van der Waals surface area contributed by atoms with Crippen molar-refractivity contribution >= 4 is 29.4 Å². The Kier molecular flexibility index (Phi) is 6.00. The summed E-state index contributed by atoms with van der Waals surface area (Å²) in [4.78, 5) is 44.3. The number of Topliss-reactive ketones (excluding diaryl/α,β-unsaturated/α-hetero) is 2. The molecule has 110 valence electrons. The number of phenolic OH excluding ortho intramolecular Hbond substituents is 1. The van der Waals surface area contributed by atoms with Crippen LogP contribution in [-0.4, -0.2) is 33.5 Å². The van der Waals surface area contributed by atoms with Gasteiger partial charge in [0.15, 0.2) is 11.6 Å². The zero-order chi connectivity index (χ0) is 15.8. The van der Waals surface area contributed by atoms with Gasteiger partial charge in [-0.2, -0.15) is 0 Å². The van der Waals surface area contributed by atoms with Gasteiger partial charge in [0, 0.05) is 0 Å². The predicted molar refractivity (Wildman–Crippen MR) is 73.6 cm³/mol. The van der Waals surface area contributed by atoms with Gasteiger partial charge >= 0.3 is 5.97 Å². The zero-order valence-corrected chi connectivity index (χ0v) is 11.1. The molecule has 0 spiro atoms. The van der Waals surface area contributed by atoms with Crippen molar-refractivity contribution in [3.05, 3.63) is 35.9 Å². The van der Waals surface area contributed by atoms with Crippen LogP contribution in [0.1, 0.15) is 24.8 Å². The highest BCUT2D eigenvalue weighted by Crippen LogP contribution is 2.11. The maximum atomic E-state index is 11.5. The first-order valence-corrected chi connectivity index (χ1v) is 6.12. The topological polar surface area (TPSA) is 109 Å². The van der Waals surface area contributed by atoms with Gasteiger partial charge in [0.2, 0.25) is 0 Å². The second-order valence-corrected chi connectivity index (χ2v) is 4.39. The number of ketones is 3. The highest BCUT2D eigenvalue weighted by molar-refractivity contribution is 6.12. The van der Waals surface area contributed by atoms with Gasteiger partial charge in [-0.15, -0.1) is 0 Å². The molecule has 0 bridgehead atoms. The lowest BCUT2D eigenvalue weighted by molar-refractivity contribution is -0.140. The molecule has 0 aliphatic carbocycles. The number of carbonyl (C=O) groups is 4. The van der Waals surface area contributed by atoms with Crippen molar-refractivity contribution in [1.29, 1.82) is 0 Å². The van der Waals surface area contributed by atoms with E-state index in [0.717, 1.165) is 0 Å². The molecule has 0 radical (unpaired) electrons. The molecular formula is C15H14O6. The number of aromatic hydroxyl groups is 1. The fourth-order valence-corrected chi connectivity index (χ4v) is 1.54. The number of carboxylic acids is 1. The average Bonchev–Trinajstić information content (AvgIpc) is 2.36. The van der Waals surface area contributed by atoms with Crippen molar-refractivity contribution in [1.82, 2.24) is 0 Å². The summed E-state index contributed by atoms with van der Waals surface area (Å²) in [5.41, 5.74) is 0.676. The predicted octanol–water partition coefficient (Wildman–Crippen LogP) is 1.37. The van der Waals surface area contributed by atoms with E-state index in [2.05, 4.69) is 0 Å². The van der Waals surface area contributed by atoms with Gasteiger partial charge in [0.05, 0.1) is 12.8 Å². The number of carbonyl (C=O) groups excluding carboxylic acids is 3. The number of aliphatic carboxylic acids is 1. The molecule has 0 saturated carbocycles. The normalized spacial score (nSPS) is 10.5. The number of benzene rings is 1. The smallest absolute Gasteiger partial charge is 0.310 e. The average molecular weight is 290 g/mol. The molecule has 0 amide bonds. The van der Waals surface area contributed by atoms with Crippen LogP contribution >= 0.6 is 0 Å². The second-order valence-electron chi connectivity index (χ2n) is 4.39. The number of carboxylic acid groups (broad SMARTS) is 1. The molecule has 1 rings (SSSR count). The SMILES string of the molecule is O=C(O)CC(=O)CC(=O)CC(=O)C=Cc1ccc(O)cc1. The molecule has 2 N–H and O–H groups in total. The van der Waals surface area contributed by atoms with Gasteiger partial charge in [-0.1, -0.05) is 18.2 Å². The third-order valence-electron chi connectivity index (χ3n) is 2.47. The third kappa shape index (κ3) is 6.81. The minimum atomic E-state index is -1.30. The summed E-state index contributed by atoms with van der Waals surface area (Å²) in [6.45, 7) is 0. The summed E-state index contributed by atoms with van der Waals surface area (Å²) in [6, 6.07) is 6.11. The summed E-state index contributed by atoms with van der Waals surface area (Å²) >= 11 is 0. The molecule has 1 aromatic carbocycles. The van der Waals surface area contributed by atoms with Crippen LogP contribution in [0.5, 0.6) is 5.75 Å². The van der Waals surface area contributed by atoms with E-state index in [1.165, 1.54) is 24.3 Å². The van der Waals surface area contributed by atoms with Crippen LogP contribution in [0.2, 0.25) is 0 Å². The maximum Gasteiger partial charge on any atom is 0.310 e. The minimum Gasteiger partial charge on any atom is -0.508 e. The second kappa shape index (κ2) is 7.74. The molecule has 0 unspecified atom stereocenters. The molecule has 0 fully saturated rings. The fraction of sp³-hybridized carbons (Fsp3) is 0.200. The molecule has 0 saturated heterocycles. The molecule has 0 aliphatic heterocycles. The highest BCUT2D eigenvalue weighted by atomic mass is 16.4. The molecule has 0 aromatic heterocycles. The lowest BCUT2D eigenvalue weighted by Crippen LogP contribution is -2.14. The Morgan fingerprint density at radius 1 is 0.905 bits per heavy atom. The standard InChI is InChI=1S/C15H14O6/c16-11-4-1-10(2-5-11)3-6-12(17)7-13(18)8-14(19)9-15(20)21/h1-6,16H,7-9H2,(H,20,21). The van der Waals surface area contributed by atoms with Crippen LogP contribution in [0, 0.1) is 0 Å². The van der Waals surface area contributed by atoms with E-state index < -0.39 is 42.6 Å². The van der Waals surface area contributed by atoms with Crippen LogP contribution < -0.4 is 0 Å². The van der Waals surface area contributed by atoms with E-state index in [9.17, 15) is 19.2 Å². The van der Waals surface area contributed by atoms with E-state index in [1.807, 2.05) is 0 Å². The van der Waals surface area contributed by atoms with E-state index >= 15 is 0 Å². The monoisotopic (exact) mass is 290 g/mol. The molecule has 6 heteroatoms. The first-order valence-electron chi connectivity index (χ1n) is 6.12. The molecule has 0 heterocycles. The Balaban J connectivity index is 2.46. The summed E-state index contributed by atoms with van der Waals surface area (Å²) < 4.78 is 0. The van der Waals surface area contributed by atoms with E-state index in [0.29, 0.717) is 5.56 Å². The Bertz CT molecular complexity index is 583. The summed E-state index contributed by atoms with van der Waals surface area (Å²) in [5, 5.41) is 17.5.